The fraction of sp³-hybridized carbons (Fsp3) is 0.308. The van der Waals surface area contributed by atoms with Crippen molar-refractivity contribution in [3.05, 3.63) is 92.2 Å². The molecule has 1 aromatic heterocycles. The molecule has 1 aliphatic heterocycles. The number of halogens is 2. The molecule has 0 radical (unpaired) electrons. The second-order valence-corrected chi connectivity index (χ2v) is 10.1. The monoisotopic (exact) mass is 509 g/mol. The van der Waals surface area contributed by atoms with Crippen molar-refractivity contribution in [2.45, 2.75) is 31.6 Å². The number of aromatic nitrogens is 1. The van der Waals surface area contributed by atoms with E-state index in [1.54, 1.807) is 6.07 Å². The molecule has 1 amide bonds. The summed E-state index contributed by atoms with van der Waals surface area (Å²) in [6.45, 7) is 1.45. The van der Waals surface area contributed by atoms with E-state index in [1.165, 1.54) is 22.4 Å². The van der Waals surface area contributed by atoms with Crippen LogP contribution in [0.3, 0.4) is 0 Å². The molecule has 0 spiro atoms. The Balaban J connectivity index is 1.44. The van der Waals surface area contributed by atoms with Gasteiger partial charge in [0.2, 0.25) is 0 Å². The van der Waals surface area contributed by atoms with Crippen LogP contribution in [0, 0.1) is 5.92 Å². The van der Waals surface area contributed by atoms with Crippen LogP contribution in [0.5, 0.6) is 0 Å². The van der Waals surface area contributed by atoms with E-state index in [0.29, 0.717) is 17.2 Å². The minimum Gasteiger partial charge on any atom is -0.398 e. The smallest absolute Gasteiger partial charge is 0.255 e. The molecular weight excluding hydrogens is 486 g/mol. The molecule has 4 nitrogen and oxygen atoms in total. The topological polar surface area (TPSA) is 59.2 Å². The van der Waals surface area contributed by atoms with E-state index in [2.05, 4.69) is 34.1 Å². The fourth-order valence-corrected chi connectivity index (χ4v) is 5.83. The molecule has 2 aliphatic rings. The minimum absolute atomic E-state index is 0.0251. The Bertz CT molecular complexity index is 1120. The Morgan fingerprint density at radius 2 is 1.81 bits per heavy atom. The van der Waals surface area contributed by atoms with E-state index in [0.717, 1.165) is 48.3 Å². The molecule has 164 valence electrons. The number of amides is 1. The lowest BCUT2D eigenvalue weighted by Gasteiger charge is -2.37. The lowest BCUT2D eigenvalue weighted by molar-refractivity contribution is 0.0684. The minimum atomic E-state index is 0.0251. The highest BCUT2D eigenvalue weighted by Gasteiger charge is 2.35. The fourth-order valence-electron chi connectivity index (χ4n) is 5.26. The third kappa shape index (κ3) is 4.04. The molecule has 5 rings (SSSR count). The van der Waals surface area contributed by atoms with Gasteiger partial charge in [-0.2, -0.15) is 0 Å². The van der Waals surface area contributed by atoms with Crippen molar-refractivity contribution < 1.29 is 4.79 Å². The van der Waals surface area contributed by atoms with Gasteiger partial charge < -0.3 is 10.6 Å². The summed E-state index contributed by atoms with van der Waals surface area (Å²) in [5.41, 5.74) is 12.3. The third-order valence-corrected chi connectivity index (χ3v) is 7.52. The zero-order chi connectivity index (χ0) is 22.2. The average molecular weight is 511 g/mol. The average Bonchev–Trinajstić information content (AvgIpc) is 2.95. The van der Waals surface area contributed by atoms with E-state index >= 15 is 0 Å². The molecule has 6 heteroatoms. The molecule has 1 fully saturated rings. The van der Waals surface area contributed by atoms with Gasteiger partial charge in [0.15, 0.2) is 0 Å². The van der Waals surface area contributed by atoms with Crippen LogP contribution in [-0.4, -0.2) is 28.9 Å². The number of para-hydroxylation sites is 1. The number of nitrogens with zero attached hydrogens (tertiary/aromatic N) is 2. The predicted octanol–water partition coefficient (Wildman–Crippen LogP) is 5.86. The molecule has 1 saturated heterocycles. The first-order chi connectivity index (χ1) is 15.5. The summed E-state index contributed by atoms with van der Waals surface area (Å²) in [5.74, 6) is 0.654. The van der Waals surface area contributed by atoms with Crippen LogP contribution in [0.15, 0.2) is 59.2 Å². The van der Waals surface area contributed by atoms with Gasteiger partial charge in [0.05, 0.1) is 11.3 Å². The Kier molecular flexibility index (Phi) is 5.95. The number of nitrogen functional groups attached to an aromatic ring is 1. The maximum absolute atomic E-state index is 13.0. The van der Waals surface area contributed by atoms with Gasteiger partial charge in [-0.05, 0) is 94.6 Å². The quantitative estimate of drug-likeness (QED) is 0.439. The molecule has 0 unspecified atom stereocenters. The first-order valence-electron chi connectivity index (χ1n) is 11.1. The van der Waals surface area contributed by atoms with Crippen LogP contribution < -0.4 is 5.73 Å². The van der Waals surface area contributed by atoms with Crippen LogP contribution in [0.25, 0.3) is 0 Å². The number of hydrogen-bond acceptors (Lipinski definition) is 3. The van der Waals surface area contributed by atoms with Crippen molar-refractivity contribution in [2.75, 3.05) is 18.8 Å². The number of anilines is 1. The third-order valence-electron chi connectivity index (χ3n) is 6.86. The zero-order valence-electron chi connectivity index (χ0n) is 17.7. The van der Waals surface area contributed by atoms with Crippen LogP contribution in [0.1, 0.15) is 51.5 Å². The van der Waals surface area contributed by atoms with Crippen LogP contribution in [-0.2, 0) is 12.8 Å². The zero-order valence-corrected chi connectivity index (χ0v) is 20.1. The van der Waals surface area contributed by atoms with Crippen molar-refractivity contribution in [1.82, 2.24) is 9.88 Å². The summed E-state index contributed by atoms with van der Waals surface area (Å²) in [7, 11) is 0. The first kappa shape index (κ1) is 21.5. The first-order valence-corrected chi connectivity index (χ1v) is 12.2. The van der Waals surface area contributed by atoms with Gasteiger partial charge in [0.25, 0.3) is 5.91 Å². The van der Waals surface area contributed by atoms with Gasteiger partial charge in [0.1, 0.15) is 0 Å². The number of likely N-dealkylation sites (tertiary alicyclic amines) is 1. The van der Waals surface area contributed by atoms with Crippen molar-refractivity contribution in [1.29, 1.82) is 0 Å². The van der Waals surface area contributed by atoms with Gasteiger partial charge in [-0.25, -0.2) is 0 Å². The van der Waals surface area contributed by atoms with Gasteiger partial charge in [-0.1, -0.05) is 29.8 Å². The SMILES string of the molecule is Nc1ccccc1C(=O)N1CCC([C@@H]2c3ccc(Cl)cc3CCc3cc(Br)cnc32)CC1. The number of aryl methyl sites for hydroxylation is 2. The highest BCUT2D eigenvalue weighted by Crippen LogP contribution is 2.43. The summed E-state index contributed by atoms with van der Waals surface area (Å²) in [5, 5.41) is 0.781. The second kappa shape index (κ2) is 8.87. The Hall–Kier alpha value is -2.37. The highest BCUT2D eigenvalue weighted by atomic mass is 79.9. The molecule has 2 aromatic carbocycles. The molecule has 1 atom stereocenters. The van der Waals surface area contributed by atoms with Gasteiger partial charge in [0, 0.05) is 40.4 Å². The number of fused-ring (bicyclic) bond motifs is 2. The van der Waals surface area contributed by atoms with Gasteiger partial charge >= 0.3 is 0 Å². The molecule has 1 aliphatic carbocycles. The van der Waals surface area contributed by atoms with Crippen molar-refractivity contribution in [3.8, 4) is 0 Å². The van der Waals surface area contributed by atoms with Gasteiger partial charge in [-0.15, -0.1) is 0 Å². The van der Waals surface area contributed by atoms with E-state index in [4.69, 9.17) is 22.3 Å². The van der Waals surface area contributed by atoms with Crippen LogP contribution >= 0.6 is 27.5 Å². The summed E-state index contributed by atoms with van der Waals surface area (Å²) >= 11 is 9.94. The summed E-state index contributed by atoms with van der Waals surface area (Å²) in [4.78, 5) is 19.9. The largest absolute Gasteiger partial charge is 0.398 e. The number of pyridine rings is 1. The highest BCUT2D eigenvalue weighted by molar-refractivity contribution is 9.10. The Labute approximate surface area is 201 Å². The summed E-state index contributed by atoms with van der Waals surface area (Å²) in [6, 6.07) is 15.8. The van der Waals surface area contributed by atoms with Crippen LogP contribution in [0.4, 0.5) is 5.69 Å². The number of nitrogens with two attached hydrogens (primary N) is 1. The standard InChI is InChI=1S/C26H25BrClN3O/c27-19-13-18-6-5-17-14-20(28)7-8-21(17)24(25(18)30-15-19)16-9-11-31(12-10-16)26(32)22-3-1-2-4-23(22)29/h1-4,7-8,13-16,24H,5-6,9-12,29H2/t24-/m1/s1. The molecule has 0 bridgehead atoms. The van der Waals surface area contributed by atoms with E-state index in [-0.39, 0.29) is 11.8 Å². The maximum Gasteiger partial charge on any atom is 0.255 e. The number of carbonyl (C=O) groups is 1. The number of piperidine rings is 1. The second-order valence-electron chi connectivity index (χ2n) is 8.74. The Morgan fingerprint density at radius 1 is 1.06 bits per heavy atom. The number of benzene rings is 2. The van der Waals surface area contributed by atoms with E-state index in [1.807, 2.05) is 35.4 Å². The summed E-state index contributed by atoms with van der Waals surface area (Å²) in [6.07, 6.45) is 5.69. The molecular formula is C26H25BrClN3O. The number of hydrogen-bond donors (Lipinski definition) is 1. The van der Waals surface area contributed by atoms with Crippen LogP contribution in [0.2, 0.25) is 5.02 Å². The molecule has 2 heterocycles. The predicted molar refractivity (Wildman–Crippen MR) is 132 cm³/mol. The van der Waals surface area contributed by atoms with Crippen molar-refractivity contribution in [2.24, 2.45) is 5.92 Å². The number of carbonyl (C=O) groups excluding carboxylic acids is 1. The Morgan fingerprint density at radius 3 is 2.59 bits per heavy atom. The lowest BCUT2D eigenvalue weighted by atomic mass is 9.76. The normalized spacial score (nSPS) is 18.6. The molecule has 2 N–H and O–H groups in total. The molecule has 32 heavy (non-hydrogen) atoms. The van der Waals surface area contributed by atoms with E-state index < -0.39 is 0 Å². The van der Waals surface area contributed by atoms with E-state index in [9.17, 15) is 4.79 Å². The van der Waals surface area contributed by atoms with Crippen molar-refractivity contribution in [3.63, 3.8) is 0 Å². The lowest BCUT2D eigenvalue weighted by Crippen LogP contribution is -2.40. The number of rotatable bonds is 2. The van der Waals surface area contributed by atoms with Gasteiger partial charge in [-0.3, -0.25) is 9.78 Å². The summed E-state index contributed by atoms with van der Waals surface area (Å²) < 4.78 is 1.01. The maximum atomic E-state index is 13.0. The molecule has 3 aromatic rings. The molecule has 0 saturated carbocycles. The van der Waals surface area contributed by atoms with Crippen molar-refractivity contribution >= 4 is 39.1 Å².